The van der Waals surface area contributed by atoms with E-state index < -0.39 is 29.9 Å². The number of carboxylic acid groups (broad SMARTS) is 1. The summed E-state index contributed by atoms with van der Waals surface area (Å²) < 4.78 is 53.1. The highest BCUT2D eigenvalue weighted by Gasteiger charge is 2.56. The van der Waals surface area contributed by atoms with E-state index >= 15 is 0 Å². The minimum absolute atomic E-state index is 0.149. The monoisotopic (exact) mass is 427 g/mol. The number of hydrogen-bond donors (Lipinski definition) is 2. The quantitative estimate of drug-likeness (QED) is 0.555. The molecule has 0 unspecified atom stereocenters. The predicted molar refractivity (Wildman–Crippen MR) is 98.9 cm³/mol. The van der Waals surface area contributed by atoms with E-state index in [-0.39, 0.29) is 29.9 Å². The number of aliphatic imine (C=N–C) groups is 1. The van der Waals surface area contributed by atoms with Crippen LogP contribution in [0.2, 0.25) is 0 Å². The molecule has 0 fully saturated rings. The molecule has 2 heterocycles. The summed E-state index contributed by atoms with van der Waals surface area (Å²) in [5.74, 6) is -4.28. The fourth-order valence-electron chi connectivity index (χ4n) is 2.97. The number of oxazole rings is 1. The molecule has 162 valence electrons. The van der Waals surface area contributed by atoms with E-state index in [4.69, 9.17) is 20.1 Å². The second-order valence-corrected chi connectivity index (χ2v) is 6.51. The van der Waals surface area contributed by atoms with Crippen LogP contribution in [0.1, 0.15) is 41.2 Å². The van der Waals surface area contributed by atoms with Crippen molar-refractivity contribution in [1.29, 1.82) is 0 Å². The van der Waals surface area contributed by atoms with Crippen molar-refractivity contribution in [3.63, 3.8) is 0 Å². The van der Waals surface area contributed by atoms with Crippen LogP contribution in [0.5, 0.6) is 0 Å². The van der Waals surface area contributed by atoms with Crippen LogP contribution in [0.25, 0.3) is 0 Å². The smallest absolute Gasteiger partial charge is 0.310 e. The molecule has 11 heteroatoms. The lowest BCUT2D eigenvalue weighted by Gasteiger charge is -2.37. The van der Waals surface area contributed by atoms with Gasteiger partial charge in [-0.3, -0.25) is 9.59 Å². The first-order chi connectivity index (χ1) is 14.1. The van der Waals surface area contributed by atoms with E-state index in [2.05, 4.69) is 14.7 Å². The number of halogens is 3. The molecular weight excluding hydrogens is 407 g/mol. The number of aryl methyl sites for hydroxylation is 1. The van der Waals surface area contributed by atoms with Crippen LogP contribution < -0.4 is 5.73 Å². The van der Waals surface area contributed by atoms with Gasteiger partial charge in [0, 0.05) is 18.4 Å². The Bertz CT molecular complexity index is 961. The maximum absolute atomic E-state index is 14.5. The maximum atomic E-state index is 14.5. The third kappa shape index (κ3) is 4.44. The van der Waals surface area contributed by atoms with E-state index in [1.165, 1.54) is 18.5 Å². The van der Waals surface area contributed by atoms with Gasteiger partial charge in [-0.25, -0.2) is 14.4 Å². The van der Waals surface area contributed by atoms with Crippen LogP contribution in [0, 0.1) is 5.82 Å². The normalized spacial score (nSPS) is 19.7. The van der Waals surface area contributed by atoms with Crippen LogP contribution in [-0.2, 0) is 27.9 Å². The van der Waals surface area contributed by atoms with Gasteiger partial charge in [0.05, 0.1) is 0 Å². The maximum Gasteiger partial charge on any atom is 0.310 e. The molecule has 0 amide bonds. The summed E-state index contributed by atoms with van der Waals surface area (Å²) in [5, 5.41) is 6.89. The van der Waals surface area contributed by atoms with E-state index in [1.54, 1.807) is 0 Å². The van der Waals surface area contributed by atoms with Crippen molar-refractivity contribution < 1.29 is 37.0 Å². The number of benzene rings is 1. The summed E-state index contributed by atoms with van der Waals surface area (Å²) in [6, 6.07) is 3.15. The highest BCUT2D eigenvalue weighted by molar-refractivity contribution is 5.96. The van der Waals surface area contributed by atoms with Gasteiger partial charge in [0.1, 0.15) is 17.3 Å². The number of amidine groups is 1. The van der Waals surface area contributed by atoms with E-state index in [1.807, 2.05) is 6.92 Å². The Kier molecular flexibility index (Phi) is 6.85. The zero-order valence-electron chi connectivity index (χ0n) is 16.2. The number of hydrogen-bond acceptors (Lipinski definition) is 7. The molecule has 1 aliphatic rings. The Balaban J connectivity index is 0.00000101. The van der Waals surface area contributed by atoms with Crippen molar-refractivity contribution in [3.8, 4) is 0 Å². The standard InChI is InChI=1S/C18H18F3N3O3.CH2O2/c1-3-14-15(23-9-27-14)13(25)7-10-4-5-12(19)11(6-10)17(2)18(20,21)8-26-16(22)24-17;2-1-3/h4-6,9H,3,7-8H2,1-2H3,(H2,22,24);1H,(H,2,3)/t17-;/m1./s1. The van der Waals surface area contributed by atoms with Crippen LogP contribution in [0.3, 0.4) is 0 Å². The molecule has 1 atom stereocenters. The largest absolute Gasteiger partial charge is 0.483 e. The minimum Gasteiger partial charge on any atom is -0.483 e. The van der Waals surface area contributed by atoms with E-state index in [0.29, 0.717) is 17.7 Å². The predicted octanol–water partition coefficient (Wildman–Crippen LogP) is 2.70. The zero-order valence-corrected chi connectivity index (χ0v) is 16.2. The number of carbonyl (C=O) groups excluding carboxylic acids is 1. The van der Waals surface area contributed by atoms with Gasteiger partial charge in [-0.1, -0.05) is 13.0 Å². The Morgan fingerprint density at radius 1 is 1.40 bits per heavy atom. The van der Waals surface area contributed by atoms with Crippen molar-refractivity contribution in [2.24, 2.45) is 10.7 Å². The summed E-state index contributed by atoms with van der Waals surface area (Å²) in [4.78, 5) is 28.4. The number of ketones is 1. The van der Waals surface area contributed by atoms with Gasteiger partial charge in [-0.15, -0.1) is 0 Å². The molecule has 2 aromatic rings. The minimum atomic E-state index is -3.49. The number of nitrogens with two attached hydrogens (primary N) is 1. The van der Waals surface area contributed by atoms with Gasteiger partial charge in [0.15, 0.2) is 24.3 Å². The lowest BCUT2D eigenvalue weighted by atomic mass is 9.84. The average molecular weight is 427 g/mol. The number of aromatic nitrogens is 1. The molecule has 0 saturated carbocycles. The Hall–Kier alpha value is -3.37. The first-order valence-electron chi connectivity index (χ1n) is 8.77. The molecule has 0 bridgehead atoms. The molecule has 3 rings (SSSR count). The third-order valence-corrected chi connectivity index (χ3v) is 4.59. The Labute approximate surface area is 169 Å². The second kappa shape index (κ2) is 8.97. The lowest BCUT2D eigenvalue weighted by molar-refractivity contribution is -0.122. The van der Waals surface area contributed by atoms with Crippen LogP contribution in [-0.4, -0.2) is 40.9 Å². The highest BCUT2D eigenvalue weighted by Crippen LogP contribution is 2.44. The van der Waals surface area contributed by atoms with Crippen LogP contribution >= 0.6 is 0 Å². The molecule has 1 aromatic heterocycles. The van der Waals surface area contributed by atoms with E-state index in [0.717, 1.165) is 13.0 Å². The molecule has 8 nitrogen and oxygen atoms in total. The molecule has 0 spiro atoms. The molecular formula is C19H20F3N3O5. The number of alkyl halides is 2. The average Bonchev–Trinajstić information content (AvgIpc) is 3.16. The number of Topliss-reactive ketones (excluding diaryl/α,β-unsaturated/α-hetero) is 1. The van der Waals surface area contributed by atoms with Gasteiger partial charge >= 0.3 is 5.92 Å². The molecule has 1 aliphatic heterocycles. The number of nitrogens with zero attached hydrogens (tertiary/aromatic N) is 2. The molecule has 0 saturated heterocycles. The fraction of sp³-hybridized carbons (Fsp3) is 0.368. The summed E-state index contributed by atoms with van der Waals surface area (Å²) in [6.45, 7) is 1.63. The van der Waals surface area contributed by atoms with Crippen molar-refractivity contribution in [2.75, 3.05) is 6.61 Å². The molecule has 1 aromatic carbocycles. The Morgan fingerprint density at radius 2 is 2.07 bits per heavy atom. The lowest BCUT2D eigenvalue weighted by Crippen LogP contribution is -2.51. The van der Waals surface area contributed by atoms with Gasteiger partial charge in [0.2, 0.25) is 0 Å². The first kappa shape index (κ1) is 22.9. The van der Waals surface area contributed by atoms with Gasteiger partial charge < -0.3 is 20.0 Å². The number of ether oxygens (including phenoxy) is 1. The van der Waals surface area contributed by atoms with Crippen molar-refractivity contribution >= 4 is 18.3 Å². The van der Waals surface area contributed by atoms with Crippen molar-refractivity contribution in [2.45, 2.75) is 38.2 Å². The zero-order chi connectivity index (χ0) is 22.5. The topological polar surface area (TPSA) is 128 Å². The summed E-state index contributed by atoms with van der Waals surface area (Å²) >= 11 is 0. The second-order valence-electron chi connectivity index (χ2n) is 6.51. The molecule has 30 heavy (non-hydrogen) atoms. The third-order valence-electron chi connectivity index (χ3n) is 4.59. The van der Waals surface area contributed by atoms with Crippen molar-refractivity contribution in [1.82, 2.24) is 4.98 Å². The van der Waals surface area contributed by atoms with Crippen LogP contribution in [0.4, 0.5) is 13.2 Å². The van der Waals surface area contributed by atoms with Crippen LogP contribution in [0.15, 0.2) is 34.0 Å². The van der Waals surface area contributed by atoms with Gasteiger partial charge in [-0.2, -0.15) is 8.78 Å². The summed E-state index contributed by atoms with van der Waals surface area (Å²) in [6.07, 6.45) is 1.50. The number of rotatable bonds is 5. The van der Waals surface area contributed by atoms with Gasteiger partial charge in [-0.05, 0) is 24.6 Å². The Morgan fingerprint density at radius 3 is 2.70 bits per heavy atom. The number of carbonyl (C=O) groups is 2. The summed E-state index contributed by atoms with van der Waals surface area (Å²) in [5.41, 5.74) is 3.34. The van der Waals surface area contributed by atoms with Crippen molar-refractivity contribution in [3.05, 3.63) is 53.0 Å². The fourth-order valence-corrected chi connectivity index (χ4v) is 2.97. The van der Waals surface area contributed by atoms with E-state index in [9.17, 15) is 18.0 Å². The molecule has 0 radical (unpaired) electrons. The molecule has 0 aliphatic carbocycles. The summed E-state index contributed by atoms with van der Waals surface area (Å²) in [7, 11) is 0. The van der Waals surface area contributed by atoms with Gasteiger partial charge in [0.25, 0.3) is 12.5 Å². The highest BCUT2D eigenvalue weighted by atomic mass is 19.3. The first-order valence-corrected chi connectivity index (χ1v) is 8.77. The molecule has 3 N–H and O–H groups in total. The SMILES string of the molecule is CCc1ocnc1C(=O)Cc1ccc(F)c([C@@]2(C)N=C(N)OCC2(F)F)c1.O=CO.